The number of hydrogen-bond donors (Lipinski definition) is 1. The number of carbonyl (C=O) groups is 1. The Morgan fingerprint density at radius 1 is 1.50 bits per heavy atom. The van der Waals surface area contributed by atoms with Crippen LogP contribution in [0, 0.1) is 5.92 Å². The van der Waals surface area contributed by atoms with Crippen molar-refractivity contribution >= 4 is 12.0 Å². The molecule has 86 valence electrons. The molecule has 1 aromatic rings. The number of carbonyl (C=O) groups excluding carboxylic acids is 1. The van der Waals surface area contributed by atoms with Crippen molar-refractivity contribution in [1.29, 1.82) is 0 Å². The molecule has 1 unspecified atom stereocenters. The van der Waals surface area contributed by atoms with Crippen molar-refractivity contribution in [3.05, 3.63) is 29.8 Å². The highest BCUT2D eigenvalue weighted by Gasteiger charge is 2.18. The lowest BCUT2D eigenvalue weighted by Gasteiger charge is -2.34. The number of nitrogens with two attached hydrogens (primary N) is 1. The predicted octanol–water partition coefficient (Wildman–Crippen LogP) is 1.67. The zero-order chi connectivity index (χ0) is 11.4. The average molecular weight is 218 g/mol. The third kappa shape index (κ3) is 2.42. The summed E-state index contributed by atoms with van der Waals surface area (Å²) in [5.41, 5.74) is 7.60. The Morgan fingerprint density at radius 2 is 2.38 bits per heavy atom. The molecule has 2 rings (SSSR count). The molecule has 3 nitrogen and oxygen atoms in total. The number of aldehydes is 1. The van der Waals surface area contributed by atoms with Crippen molar-refractivity contribution in [2.75, 3.05) is 24.5 Å². The first-order valence-corrected chi connectivity index (χ1v) is 5.83. The Hall–Kier alpha value is -1.35. The minimum atomic E-state index is 0.591. The lowest BCUT2D eigenvalue weighted by molar-refractivity contribution is 0.112. The van der Waals surface area contributed by atoms with Crippen LogP contribution in [0.2, 0.25) is 0 Å². The van der Waals surface area contributed by atoms with Crippen LogP contribution in [0.5, 0.6) is 0 Å². The van der Waals surface area contributed by atoms with Gasteiger partial charge in [-0.3, -0.25) is 4.79 Å². The van der Waals surface area contributed by atoms with Gasteiger partial charge in [-0.25, -0.2) is 0 Å². The summed E-state index contributed by atoms with van der Waals surface area (Å²) >= 11 is 0. The zero-order valence-corrected chi connectivity index (χ0v) is 9.43. The standard InChI is InChI=1S/C13H18N2O/c14-8-12-4-2-6-15(9-12)13-5-1-3-11(7-13)10-16/h1,3,5,7,10,12H,2,4,6,8-9,14H2. The summed E-state index contributed by atoms with van der Waals surface area (Å²) in [4.78, 5) is 13.1. The summed E-state index contributed by atoms with van der Waals surface area (Å²) in [5.74, 6) is 0.591. The molecule has 1 aliphatic rings. The summed E-state index contributed by atoms with van der Waals surface area (Å²) in [7, 11) is 0. The Bertz CT molecular complexity index is 365. The molecule has 1 fully saturated rings. The molecule has 1 aliphatic heterocycles. The highest BCUT2D eigenvalue weighted by molar-refractivity contribution is 5.77. The van der Waals surface area contributed by atoms with Crippen LogP contribution in [0.4, 0.5) is 5.69 Å². The predicted molar refractivity (Wildman–Crippen MR) is 65.8 cm³/mol. The Morgan fingerprint density at radius 3 is 3.12 bits per heavy atom. The van der Waals surface area contributed by atoms with E-state index in [2.05, 4.69) is 11.0 Å². The van der Waals surface area contributed by atoms with Crippen molar-refractivity contribution in [3.8, 4) is 0 Å². The fourth-order valence-corrected chi connectivity index (χ4v) is 2.29. The van der Waals surface area contributed by atoms with Gasteiger partial charge in [0.25, 0.3) is 0 Å². The Kier molecular flexibility index (Phi) is 3.57. The number of anilines is 1. The van der Waals surface area contributed by atoms with E-state index < -0.39 is 0 Å². The number of nitrogens with zero attached hydrogens (tertiary/aromatic N) is 1. The Labute approximate surface area is 96.2 Å². The van der Waals surface area contributed by atoms with Crippen LogP contribution in [-0.4, -0.2) is 25.9 Å². The highest BCUT2D eigenvalue weighted by atomic mass is 16.1. The molecule has 16 heavy (non-hydrogen) atoms. The van der Waals surface area contributed by atoms with Gasteiger partial charge >= 0.3 is 0 Å². The number of hydrogen-bond acceptors (Lipinski definition) is 3. The third-order valence-electron chi connectivity index (χ3n) is 3.22. The van der Waals surface area contributed by atoms with Gasteiger partial charge in [0, 0.05) is 24.3 Å². The largest absolute Gasteiger partial charge is 0.371 e. The Balaban J connectivity index is 2.13. The summed E-state index contributed by atoms with van der Waals surface area (Å²) in [6.45, 7) is 2.83. The minimum absolute atomic E-state index is 0.591. The average Bonchev–Trinajstić information content (AvgIpc) is 2.39. The molecule has 0 radical (unpaired) electrons. The minimum Gasteiger partial charge on any atom is -0.371 e. The molecule has 0 bridgehead atoms. The molecule has 0 aromatic heterocycles. The van der Waals surface area contributed by atoms with Crippen LogP contribution in [0.15, 0.2) is 24.3 Å². The van der Waals surface area contributed by atoms with Gasteiger partial charge in [-0.15, -0.1) is 0 Å². The first kappa shape index (κ1) is 11.1. The van der Waals surface area contributed by atoms with Crippen LogP contribution in [0.3, 0.4) is 0 Å². The van der Waals surface area contributed by atoms with Gasteiger partial charge in [0.15, 0.2) is 0 Å². The summed E-state index contributed by atoms with van der Waals surface area (Å²) in [6, 6.07) is 7.78. The van der Waals surface area contributed by atoms with Gasteiger partial charge in [-0.1, -0.05) is 12.1 Å². The number of rotatable bonds is 3. The lowest BCUT2D eigenvalue weighted by Crippen LogP contribution is -2.38. The smallest absolute Gasteiger partial charge is 0.150 e. The molecule has 1 saturated heterocycles. The van der Waals surface area contributed by atoms with Gasteiger partial charge < -0.3 is 10.6 Å². The fourth-order valence-electron chi connectivity index (χ4n) is 2.29. The first-order chi connectivity index (χ1) is 7.83. The third-order valence-corrected chi connectivity index (χ3v) is 3.22. The van der Waals surface area contributed by atoms with Gasteiger partial charge in [-0.05, 0) is 37.4 Å². The summed E-state index contributed by atoms with van der Waals surface area (Å²) in [5, 5.41) is 0. The van der Waals surface area contributed by atoms with Gasteiger partial charge in [0.1, 0.15) is 6.29 Å². The first-order valence-electron chi connectivity index (χ1n) is 5.83. The zero-order valence-electron chi connectivity index (χ0n) is 9.43. The maximum absolute atomic E-state index is 10.7. The molecule has 3 heteroatoms. The van der Waals surface area contributed by atoms with Gasteiger partial charge in [0.05, 0.1) is 0 Å². The van der Waals surface area contributed by atoms with Crippen molar-refractivity contribution in [2.45, 2.75) is 12.8 Å². The van der Waals surface area contributed by atoms with Crippen LogP contribution >= 0.6 is 0 Å². The molecular formula is C13H18N2O. The lowest BCUT2D eigenvalue weighted by atomic mass is 9.97. The SMILES string of the molecule is NCC1CCCN(c2cccc(C=O)c2)C1. The quantitative estimate of drug-likeness (QED) is 0.785. The van der Waals surface area contributed by atoms with Crippen molar-refractivity contribution in [2.24, 2.45) is 11.7 Å². The van der Waals surface area contributed by atoms with E-state index in [0.717, 1.165) is 37.2 Å². The molecule has 1 atom stereocenters. The van der Waals surface area contributed by atoms with E-state index in [-0.39, 0.29) is 0 Å². The number of benzene rings is 1. The molecule has 0 aliphatic carbocycles. The highest BCUT2D eigenvalue weighted by Crippen LogP contribution is 2.23. The molecule has 1 aromatic carbocycles. The molecule has 0 spiro atoms. The van der Waals surface area contributed by atoms with E-state index in [4.69, 9.17) is 5.73 Å². The molecule has 0 saturated carbocycles. The second-order valence-corrected chi connectivity index (χ2v) is 4.40. The van der Waals surface area contributed by atoms with Crippen LogP contribution in [0.25, 0.3) is 0 Å². The maximum Gasteiger partial charge on any atom is 0.150 e. The maximum atomic E-state index is 10.7. The van der Waals surface area contributed by atoms with Crippen molar-refractivity contribution < 1.29 is 4.79 Å². The molecule has 1 heterocycles. The molecular weight excluding hydrogens is 200 g/mol. The summed E-state index contributed by atoms with van der Waals surface area (Å²) < 4.78 is 0. The van der Waals surface area contributed by atoms with Crippen LogP contribution in [-0.2, 0) is 0 Å². The fraction of sp³-hybridized carbons (Fsp3) is 0.462. The van der Waals surface area contributed by atoms with Crippen molar-refractivity contribution in [1.82, 2.24) is 0 Å². The molecule has 0 amide bonds. The van der Waals surface area contributed by atoms with E-state index in [1.807, 2.05) is 18.2 Å². The monoisotopic (exact) mass is 218 g/mol. The van der Waals surface area contributed by atoms with Crippen LogP contribution < -0.4 is 10.6 Å². The normalized spacial score (nSPS) is 20.8. The number of piperidine rings is 1. The van der Waals surface area contributed by atoms with E-state index in [0.29, 0.717) is 5.92 Å². The van der Waals surface area contributed by atoms with Gasteiger partial charge in [0.2, 0.25) is 0 Å². The van der Waals surface area contributed by atoms with E-state index in [1.165, 1.54) is 12.8 Å². The van der Waals surface area contributed by atoms with E-state index in [1.54, 1.807) is 0 Å². The van der Waals surface area contributed by atoms with E-state index >= 15 is 0 Å². The van der Waals surface area contributed by atoms with Crippen molar-refractivity contribution in [3.63, 3.8) is 0 Å². The topological polar surface area (TPSA) is 46.3 Å². The molecule has 2 N–H and O–H groups in total. The second kappa shape index (κ2) is 5.12. The van der Waals surface area contributed by atoms with E-state index in [9.17, 15) is 4.79 Å². The van der Waals surface area contributed by atoms with Gasteiger partial charge in [-0.2, -0.15) is 0 Å². The van der Waals surface area contributed by atoms with Crippen LogP contribution in [0.1, 0.15) is 23.2 Å². The second-order valence-electron chi connectivity index (χ2n) is 4.40. The summed E-state index contributed by atoms with van der Waals surface area (Å²) in [6.07, 6.45) is 3.31.